The van der Waals surface area contributed by atoms with Gasteiger partial charge in [0, 0.05) is 13.1 Å². The van der Waals surface area contributed by atoms with Crippen LogP contribution < -0.4 is 15.4 Å². The fourth-order valence-electron chi connectivity index (χ4n) is 2.44. The van der Waals surface area contributed by atoms with E-state index in [1.807, 2.05) is 26.0 Å². The molecule has 0 saturated heterocycles. The van der Waals surface area contributed by atoms with Gasteiger partial charge in [-0.2, -0.15) is 0 Å². The number of para-hydroxylation sites is 2. The second-order valence-corrected chi connectivity index (χ2v) is 5.93. The molecule has 3 amide bonds. The summed E-state index contributed by atoms with van der Waals surface area (Å²) in [7, 11) is 1.55. The minimum Gasteiger partial charge on any atom is -0.495 e. The van der Waals surface area contributed by atoms with Crippen LogP contribution in [0, 0.1) is 0 Å². The molecule has 0 radical (unpaired) electrons. The highest BCUT2D eigenvalue weighted by molar-refractivity contribution is 5.92. The Morgan fingerprint density at radius 1 is 1.22 bits per heavy atom. The lowest BCUT2D eigenvalue weighted by Crippen LogP contribution is -2.35. The van der Waals surface area contributed by atoms with Crippen LogP contribution in [0.5, 0.6) is 5.75 Å². The Balaban J connectivity index is 2.05. The van der Waals surface area contributed by atoms with Gasteiger partial charge in [-0.3, -0.25) is 4.79 Å². The van der Waals surface area contributed by atoms with Crippen LogP contribution >= 0.6 is 0 Å². The van der Waals surface area contributed by atoms with Crippen molar-refractivity contribution in [3.63, 3.8) is 0 Å². The summed E-state index contributed by atoms with van der Waals surface area (Å²) < 4.78 is 10.6. The molecule has 27 heavy (non-hydrogen) atoms. The van der Waals surface area contributed by atoms with Gasteiger partial charge in [0.15, 0.2) is 5.69 Å². The minimum absolute atomic E-state index is 0.163. The third-order valence-corrected chi connectivity index (χ3v) is 3.78. The van der Waals surface area contributed by atoms with Gasteiger partial charge in [0.2, 0.25) is 5.89 Å². The highest BCUT2D eigenvalue weighted by atomic mass is 16.5. The highest BCUT2D eigenvalue weighted by Crippen LogP contribution is 2.23. The van der Waals surface area contributed by atoms with E-state index >= 15 is 0 Å². The van der Waals surface area contributed by atoms with E-state index in [0.717, 1.165) is 12.8 Å². The third kappa shape index (κ3) is 5.73. The van der Waals surface area contributed by atoms with Crippen molar-refractivity contribution < 1.29 is 18.7 Å². The molecule has 0 unspecified atom stereocenters. The fourth-order valence-corrected chi connectivity index (χ4v) is 2.44. The van der Waals surface area contributed by atoms with E-state index in [-0.39, 0.29) is 24.2 Å². The van der Waals surface area contributed by atoms with Crippen LogP contribution in [-0.2, 0) is 6.54 Å². The van der Waals surface area contributed by atoms with Crippen molar-refractivity contribution in [2.45, 2.75) is 33.2 Å². The number of oxazole rings is 1. The van der Waals surface area contributed by atoms with Gasteiger partial charge in [-0.05, 0) is 25.0 Å². The number of carbonyl (C=O) groups is 2. The zero-order valence-corrected chi connectivity index (χ0v) is 15.9. The van der Waals surface area contributed by atoms with E-state index in [0.29, 0.717) is 30.4 Å². The lowest BCUT2D eigenvalue weighted by atomic mass is 10.3. The molecule has 146 valence electrons. The summed E-state index contributed by atoms with van der Waals surface area (Å²) in [6, 6.07) is 6.89. The van der Waals surface area contributed by atoms with E-state index in [1.165, 1.54) is 6.26 Å². The van der Waals surface area contributed by atoms with Crippen LogP contribution in [0.15, 0.2) is 34.9 Å². The smallest absolute Gasteiger partial charge is 0.322 e. The van der Waals surface area contributed by atoms with E-state index in [9.17, 15) is 9.59 Å². The fraction of sp³-hybridized carbons (Fsp3) is 0.421. The van der Waals surface area contributed by atoms with Crippen LogP contribution in [0.25, 0.3) is 0 Å². The minimum atomic E-state index is -0.295. The Labute approximate surface area is 158 Å². The van der Waals surface area contributed by atoms with Crippen molar-refractivity contribution in [3.8, 4) is 5.75 Å². The molecule has 1 aromatic heterocycles. The summed E-state index contributed by atoms with van der Waals surface area (Å²) in [5.41, 5.74) is 0.790. The summed E-state index contributed by atoms with van der Waals surface area (Å²) in [4.78, 5) is 30.4. The molecular formula is C19H26N4O4. The molecule has 2 aromatic rings. The molecule has 8 nitrogen and oxygen atoms in total. The molecule has 0 fully saturated rings. The number of benzene rings is 1. The maximum atomic E-state index is 12.7. The van der Waals surface area contributed by atoms with Gasteiger partial charge >= 0.3 is 6.03 Å². The monoisotopic (exact) mass is 374 g/mol. The zero-order valence-electron chi connectivity index (χ0n) is 15.9. The number of amides is 3. The molecule has 8 heteroatoms. The molecule has 0 atom stereocenters. The topological polar surface area (TPSA) is 96.7 Å². The molecule has 0 bridgehead atoms. The zero-order chi connectivity index (χ0) is 19.6. The van der Waals surface area contributed by atoms with Crippen molar-refractivity contribution in [1.29, 1.82) is 0 Å². The summed E-state index contributed by atoms with van der Waals surface area (Å²) in [6.07, 6.45) is 2.91. The summed E-state index contributed by atoms with van der Waals surface area (Å²) in [5, 5.41) is 5.58. The van der Waals surface area contributed by atoms with Crippen molar-refractivity contribution in [1.82, 2.24) is 15.2 Å². The molecule has 0 aliphatic rings. The Morgan fingerprint density at radius 2 is 2.00 bits per heavy atom. The number of anilines is 1. The van der Waals surface area contributed by atoms with Crippen LogP contribution in [0.2, 0.25) is 0 Å². The Kier molecular flexibility index (Phi) is 7.66. The number of urea groups is 1. The largest absolute Gasteiger partial charge is 0.495 e. The lowest BCUT2D eigenvalue weighted by molar-refractivity contribution is 0.0948. The molecule has 0 aliphatic heterocycles. The second kappa shape index (κ2) is 10.2. The number of methoxy groups -OCH3 is 1. The first kappa shape index (κ1) is 20.3. The van der Waals surface area contributed by atoms with Gasteiger partial charge in [0.05, 0.1) is 19.3 Å². The van der Waals surface area contributed by atoms with Gasteiger partial charge in [-0.1, -0.05) is 26.0 Å². The molecule has 1 aromatic carbocycles. The van der Waals surface area contributed by atoms with Crippen LogP contribution in [0.3, 0.4) is 0 Å². The predicted octanol–water partition coefficient (Wildman–Crippen LogP) is 3.27. The van der Waals surface area contributed by atoms with Crippen molar-refractivity contribution in [2.75, 3.05) is 25.5 Å². The van der Waals surface area contributed by atoms with E-state index in [2.05, 4.69) is 15.6 Å². The van der Waals surface area contributed by atoms with Gasteiger partial charge in [0.25, 0.3) is 5.91 Å². The average Bonchev–Trinajstić information content (AvgIpc) is 3.15. The number of carbonyl (C=O) groups excluding carboxylic acids is 2. The molecule has 0 aliphatic carbocycles. The molecule has 0 saturated carbocycles. The maximum absolute atomic E-state index is 12.7. The van der Waals surface area contributed by atoms with Gasteiger partial charge in [0.1, 0.15) is 12.0 Å². The van der Waals surface area contributed by atoms with Crippen LogP contribution in [0.1, 0.15) is 43.1 Å². The van der Waals surface area contributed by atoms with Gasteiger partial charge < -0.3 is 24.7 Å². The number of aromatic nitrogens is 1. The Hall–Kier alpha value is -3.03. The first-order valence-electron chi connectivity index (χ1n) is 9.00. The summed E-state index contributed by atoms with van der Waals surface area (Å²) in [6.45, 7) is 5.20. The first-order valence-corrected chi connectivity index (χ1v) is 9.00. The Bertz CT molecular complexity index is 760. The molecular weight excluding hydrogens is 348 g/mol. The van der Waals surface area contributed by atoms with Crippen molar-refractivity contribution >= 4 is 17.6 Å². The van der Waals surface area contributed by atoms with Gasteiger partial charge in [-0.15, -0.1) is 0 Å². The Morgan fingerprint density at radius 3 is 2.70 bits per heavy atom. The number of nitrogens with zero attached hydrogens (tertiary/aromatic N) is 2. The second-order valence-electron chi connectivity index (χ2n) is 5.93. The number of rotatable bonds is 9. The quantitative estimate of drug-likeness (QED) is 0.702. The van der Waals surface area contributed by atoms with Crippen molar-refractivity contribution in [3.05, 3.63) is 42.1 Å². The number of ether oxygens (including phenoxy) is 1. The third-order valence-electron chi connectivity index (χ3n) is 3.78. The van der Waals surface area contributed by atoms with Crippen LogP contribution in [0.4, 0.5) is 10.5 Å². The number of nitrogens with one attached hydrogen (secondary N) is 2. The normalized spacial score (nSPS) is 10.3. The van der Waals surface area contributed by atoms with Crippen LogP contribution in [-0.4, -0.2) is 42.0 Å². The summed E-state index contributed by atoms with van der Waals surface area (Å²) in [5.74, 6) is 0.598. The summed E-state index contributed by atoms with van der Waals surface area (Å²) >= 11 is 0. The van der Waals surface area contributed by atoms with E-state index in [4.69, 9.17) is 9.15 Å². The highest BCUT2D eigenvalue weighted by Gasteiger charge is 2.19. The number of hydrogen-bond acceptors (Lipinski definition) is 5. The molecule has 0 spiro atoms. The SMILES string of the molecule is CCCNC(=O)c1coc(CN(CCC)C(=O)Nc2ccccc2OC)n1. The van der Waals surface area contributed by atoms with Gasteiger partial charge in [-0.25, -0.2) is 9.78 Å². The van der Waals surface area contributed by atoms with E-state index in [1.54, 1.807) is 24.1 Å². The number of hydrogen-bond donors (Lipinski definition) is 2. The maximum Gasteiger partial charge on any atom is 0.322 e. The molecule has 2 N–H and O–H groups in total. The van der Waals surface area contributed by atoms with E-state index < -0.39 is 0 Å². The first-order chi connectivity index (χ1) is 13.1. The molecule has 1 heterocycles. The standard InChI is InChI=1S/C19H26N4O4/c1-4-10-20-18(24)15-13-27-17(21-15)12-23(11-5-2)19(25)22-14-8-6-7-9-16(14)26-3/h6-9,13H,4-5,10-12H2,1-3H3,(H,20,24)(H,22,25). The van der Waals surface area contributed by atoms with Crippen molar-refractivity contribution in [2.24, 2.45) is 0 Å². The average molecular weight is 374 g/mol. The predicted molar refractivity (Wildman–Crippen MR) is 102 cm³/mol. The molecule has 2 rings (SSSR count). The lowest BCUT2D eigenvalue weighted by Gasteiger charge is -2.21.